The van der Waals surface area contributed by atoms with Gasteiger partial charge in [0.15, 0.2) is 0 Å². The number of halogens is 2. The molecule has 0 N–H and O–H groups in total. The van der Waals surface area contributed by atoms with Crippen LogP contribution in [-0.4, -0.2) is 10.6 Å². The van der Waals surface area contributed by atoms with Crippen LogP contribution >= 0.6 is 31.9 Å². The lowest BCUT2D eigenvalue weighted by molar-refractivity contribution is -0.118. The molecule has 1 nitrogen and oxygen atoms in total. The molecule has 3 heteroatoms. The molecule has 0 bridgehead atoms. The van der Waals surface area contributed by atoms with E-state index in [0.717, 1.165) is 17.3 Å². The van der Waals surface area contributed by atoms with E-state index >= 15 is 0 Å². The first kappa shape index (κ1) is 13.9. The third-order valence-electron chi connectivity index (χ3n) is 2.48. The minimum absolute atomic E-state index is 0.0481. The maximum absolute atomic E-state index is 11.6. The van der Waals surface area contributed by atoms with Crippen LogP contribution in [-0.2, 0) is 11.2 Å². The Morgan fingerprint density at radius 2 is 2.12 bits per heavy atom. The summed E-state index contributed by atoms with van der Waals surface area (Å²) in [5, 5.41) is 0. The van der Waals surface area contributed by atoms with Gasteiger partial charge in [0, 0.05) is 10.9 Å². The summed E-state index contributed by atoms with van der Waals surface area (Å²) in [4.78, 5) is 11.6. The molecule has 0 saturated heterocycles. The summed E-state index contributed by atoms with van der Waals surface area (Å²) < 4.78 is 1.11. The van der Waals surface area contributed by atoms with Crippen molar-refractivity contribution < 1.29 is 4.79 Å². The van der Waals surface area contributed by atoms with E-state index in [2.05, 4.69) is 50.9 Å². The van der Waals surface area contributed by atoms with Crippen molar-refractivity contribution in [2.24, 2.45) is 0 Å². The first-order valence-corrected chi connectivity index (χ1v) is 7.17. The highest BCUT2D eigenvalue weighted by atomic mass is 79.9. The minimum atomic E-state index is -0.0481. The molecule has 1 rings (SSSR count). The molecular formula is C13H16Br2O. The summed E-state index contributed by atoms with van der Waals surface area (Å²) >= 11 is 6.93. The number of carbonyl (C=O) groups excluding carboxylic acids is 1. The fraction of sp³-hybridized carbons (Fsp3) is 0.462. The Balaban J connectivity index is 2.66. The summed E-state index contributed by atoms with van der Waals surface area (Å²) in [6.45, 7) is 4.09. The molecule has 0 fully saturated rings. The van der Waals surface area contributed by atoms with Crippen molar-refractivity contribution >= 4 is 37.6 Å². The lowest BCUT2D eigenvalue weighted by atomic mass is 10.0. The summed E-state index contributed by atoms with van der Waals surface area (Å²) in [6, 6.07) is 6.22. The molecule has 16 heavy (non-hydrogen) atoms. The fourth-order valence-electron chi connectivity index (χ4n) is 1.56. The van der Waals surface area contributed by atoms with Gasteiger partial charge in [0.1, 0.15) is 5.78 Å². The number of aryl methyl sites for hydroxylation is 1. The topological polar surface area (TPSA) is 17.1 Å². The standard InChI is InChI=1S/C13H16Br2O/c1-3-4-13(16)12(15)8-10-5-6-11(14)9(2)7-10/h5-7,12H,3-4,8H2,1-2H3. The van der Waals surface area contributed by atoms with Crippen LogP contribution in [0.1, 0.15) is 30.9 Å². The van der Waals surface area contributed by atoms with Crippen molar-refractivity contribution in [1.29, 1.82) is 0 Å². The second-order valence-electron chi connectivity index (χ2n) is 3.97. The lowest BCUT2D eigenvalue weighted by Gasteiger charge is -2.09. The number of alkyl halides is 1. The molecule has 1 aromatic rings. The number of hydrogen-bond acceptors (Lipinski definition) is 1. The predicted octanol–water partition coefficient (Wildman–Crippen LogP) is 4.43. The number of hydrogen-bond donors (Lipinski definition) is 0. The van der Waals surface area contributed by atoms with Crippen molar-refractivity contribution in [1.82, 2.24) is 0 Å². The van der Waals surface area contributed by atoms with Gasteiger partial charge in [-0.25, -0.2) is 0 Å². The van der Waals surface area contributed by atoms with Crippen LogP contribution < -0.4 is 0 Å². The molecule has 1 atom stereocenters. The quantitative estimate of drug-likeness (QED) is 0.720. The molecular weight excluding hydrogens is 332 g/mol. The van der Waals surface area contributed by atoms with Crippen LogP contribution in [0.15, 0.2) is 22.7 Å². The Morgan fingerprint density at radius 3 is 2.69 bits per heavy atom. The van der Waals surface area contributed by atoms with E-state index in [9.17, 15) is 4.79 Å². The molecule has 0 amide bonds. The van der Waals surface area contributed by atoms with E-state index in [4.69, 9.17) is 0 Å². The average Bonchev–Trinajstić information content (AvgIpc) is 2.24. The van der Waals surface area contributed by atoms with Crippen LogP contribution in [0.25, 0.3) is 0 Å². The Labute approximate surface area is 114 Å². The van der Waals surface area contributed by atoms with Crippen molar-refractivity contribution in [3.63, 3.8) is 0 Å². The molecule has 0 saturated carbocycles. The zero-order valence-corrected chi connectivity index (χ0v) is 12.8. The van der Waals surface area contributed by atoms with Crippen molar-refractivity contribution in [2.45, 2.75) is 37.9 Å². The largest absolute Gasteiger partial charge is 0.298 e. The van der Waals surface area contributed by atoms with Crippen LogP contribution in [0.5, 0.6) is 0 Å². The number of ketones is 1. The average molecular weight is 348 g/mol. The number of rotatable bonds is 5. The summed E-state index contributed by atoms with van der Waals surface area (Å²) in [6.07, 6.45) is 2.35. The van der Waals surface area contributed by atoms with Gasteiger partial charge < -0.3 is 0 Å². The molecule has 0 aliphatic carbocycles. The summed E-state index contributed by atoms with van der Waals surface area (Å²) in [5.41, 5.74) is 2.41. The third kappa shape index (κ3) is 4.02. The predicted molar refractivity (Wildman–Crippen MR) is 75.2 cm³/mol. The Kier molecular flexibility index (Phi) is 5.70. The van der Waals surface area contributed by atoms with Crippen molar-refractivity contribution in [2.75, 3.05) is 0 Å². The normalized spacial score (nSPS) is 12.5. The van der Waals surface area contributed by atoms with E-state index in [1.165, 1.54) is 11.1 Å². The van der Waals surface area contributed by atoms with Crippen molar-refractivity contribution in [3.8, 4) is 0 Å². The second kappa shape index (κ2) is 6.55. The lowest BCUT2D eigenvalue weighted by Crippen LogP contribution is -2.16. The molecule has 0 radical (unpaired) electrons. The van der Waals surface area contributed by atoms with Gasteiger partial charge in [-0.15, -0.1) is 0 Å². The van der Waals surface area contributed by atoms with Crippen LogP contribution in [0.2, 0.25) is 0 Å². The molecule has 88 valence electrons. The van der Waals surface area contributed by atoms with Gasteiger partial charge in [-0.3, -0.25) is 4.79 Å². The maximum atomic E-state index is 11.6. The van der Waals surface area contributed by atoms with E-state index < -0.39 is 0 Å². The van der Waals surface area contributed by atoms with Gasteiger partial charge in [-0.1, -0.05) is 50.9 Å². The Hall–Kier alpha value is -0.150. The van der Waals surface area contributed by atoms with Gasteiger partial charge in [-0.2, -0.15) is 0 Å². The number of Topliss-reactive ketones (excluding diaryl/α,β-unsaturated/α-hetero) is 1. The van der Waals surface area contributed by atoms with Gasteiger partial charge >= 0.3 is 0 Å². The Bertz CT molecular complexity index is 374. The monoisotopic (exact) mass is 346 g/mol. The van der Waals surface area contributed by atoms with E-state index in [1.807, 2.05) is 13.0 Å². The van der Waals surface area contributed by atoms with E-state index in [-0.39, 0.29) is 4.83 Å². The zero-order valence-electron chi connectivity index (χ0n) is 9.59. The van der Waals surface area contributed by atoms with Crippen LogP contribution in [0, 0.1) is 6.92 Å². The first-order chi connectivity index (χ1) is 7.54. The van der Waals surface area contributed by atoms with Crippen molar-refractivity contribution in [3.05, 3.63) is 33.8 Å². The van der Waals surface area contributed by atoms with Gasteiger partial charge in [0.2, 0.25) is 0 Å². The highest BCUT2D eigenvalue weighted by Gasteiger charge is 2.14. The number of carbonyl (C=O) groups is 1. The molecule has 0 spiro atoms. The van der Waals surface area contributed by atoms with E-state index in [0.29, 0.717) is 12.2 Å². The minimum Gasteiger partial charge on any atom is -0.298 e. The summed E-state index contributed by atoms with van der Waals surface area (Å²) in [7, 11) is 0. The van der Waals surface area contributed by atoms with Gasteiger partial charge in [0.25, 0.3) is 0 Å². The molecule has 1 unspecified atom stereocenters. The van der Waals surface area contributed by atoms with Gasteiger partial charge in [-0.05, 0) is 37.0 Å². The fourth-order valence-corrected chi connectivity index (χ4v) is 2.41. The summed E-state index contributed by atoms with van der Waals surface area (Å²) in [5.74, 6) is 0.295. The smallest absolute Gasteiger partial charge is 0.146 e. The van der Waals surface area contributed by atoms with Crippen LogP contribution in [0.3, 0.4) is 0 Å². The highest BCUT2D eigenvalue weighted by Crippen LogP contribution is 2.20. The van der Waals surface area contributed by atoms with Crippen LogP contribution in [0.4, 0.5) is 0 Å². The zero-order chi connectivity index (χ0) is 12.1. The highest BCUT2D eigenvalue weighted by molar-refractivity contribution is 9.10. The molecule has 0 heterocycles. The molecule has 0 aliphatic heterocycles. The van der Waals surface area contributed by atoms with Gasteiger partial charge in [0.05, 0.1) is 4.83 Å². The molecule has 0 aromatic heterocycles. The molecule has 1 aromatic carbocycles. The Morgan fingerprint density at radius 1 is 1.44 bits per heavy atom. The SMILES string of the molecule is CCCC(=O)C(Br)Cc1ccc(Br)c(C)c1. The second-order valence-corrected chi connectivity index (χ2v) is 5.93. The number of benzene rings is 1. The molecule has 0 aliphatic rings. The third-order valence-corrected chi connectivity index (χ3v) is 4.21. The first-order valence-electron chi connectivity index (χ1n) is 5.46. The van der Waals surface area contributed by atoms with E-state index in [1.54, 1.807) is 0 Å². The maximum Gasteiger partial charge on any atom is 0.146 e.